The van der Waals surface area contributed by atoms with Gasteiger partial charge in [0.1, 0.15) is 5.82 Å². The second-order valence-corrected chi connectivity index (χ2v) is 2.92. The zero-order valence-electron chi connectivity index (χ0n) is 7.34. The Balaban J connectivity index is 2.62. The summed E-state index contributed by atoms with van der Waals surface area (Å²) in [4.78, 5) is 21.2. The van der Waals surface area contributed by atoms with Crippen LogP contribution in [-0.2, 0) is 4.79 Å². The molecule has 0 unspecified atom stereocenters. The highest BCUT2D eigenvalue weighted by Gasteiger charge is 2.24. The summed E-state index contributed by atoms with van der Waals surface area (Å²) >= 11 is 0. The number of amides is 1. The minimum Gasteiger partial charge on any atom is -0.478 e. The molecule has 78 valence electrons. The maximum absolute atomic E-state index is 13.4. The number of aldehydes is 1. The third kappa shape index (κ3) is 1.43. The Morgan fingerprint density at radius 1 is 1.47 bits per heavy atom. The largest absolute Gasteiger partial charge is 0.478 e. The summed E-state index contributed by atoms with van der Waals surface area (Å²) < 4.78 is 31.2. The first-order valence-electron chi connectivity index (χ1n) is 4.03. The molecule has 1 aliphatic rings. The Hall–Kier alpha value is -1.98. The minimum atomic E-state index is -1.10. The second-order valence-electron chi connectivity index (χ2n) is 2.92. The molecule has 2 rings (SSSR count). The number of benzene rings is 1. The van der Waals surface area contributed by atoms with Crippen molar-refractivity contribution >= 4 is 17.9 Å². The molecule has 1 amide bonds. The summed E-state index contributed by atoms with van der Waals surface area (Å²) in [5.41, 5.74) is -0.809. The van der Waals surface area contributed by atoms with Crippen molar-refractivity contribution in [2.75, 3.05) is 11.9 Å². The van der Waals surface area contributed by atoms with E-state index in [9.17, 15) is 18.4 Å². The number of carbonyl (C=O) groups is 2. The average Bonchev–Trinajstić information content (AvgIpc) is 2.17. The smallest absolute Gasteiger partial charge is 0.262 e. The van der Waals surface area contributed by atoms with Crippen molar-refractivity contribution < 1.29 is 23.1 Å². The van der Waals surface area contributed by atoms with E-state index in [2.05, 4.69) is 5.32 Å². The van der Waals surface area contributed by atoms with E-state index < -0.39 is 23.1 Å². The van der Waals surface area contributed by atoms with Crippen LogP contribution in [0.15, 0.2) is 6.07 Å². The third-order valence-electron chi connectivity index (χ3n) is 1.95. The molecule has 1 aromatic carbocycles. The van der Waals surface area contributed by atoms with Crippen molar-refractivity contribution in [1.82, 2.24) is 0 Å². The normalized spacial score (nSPS) is 13.9. The lowest BCUT2D eigenvalue weighted by atomic mass is 10.1. The minimum absolute atomic E-state index is 0.0603. The van der Waals surface area contributed by atoms with E-state index in [1.807, 2.05) is 0 Å². The van der Waals surface area contributed by atoms with Crippen LogP contribution in [0.5, 0.6) is 5.75 Å². The number of nitrogens with one attached hydrogen (secondary N) is 1. The molecular formula is C9H5F2NO3. The van der Waals surface area contributed by atoms with Crippen LogP contribution in [0.3, 0.4) is 0 Å². The van der Waals surface area contributed by atoms with Gasteiger partial charge < -0.3 is 10.1 Å². The lowest BCUT2D eigenvalue weighted by Gasteiger charge is -2.18. The first-order valence-corrected chi connectivity index (χ1v) is 4.03. The molecule has 0 radical (unpaired) electrons. The molecule has 0 fully saturated rings. The van der Waals surface area contributed by atoms with Crippen LogP contribution in [0.1, 0.15) is 10.4 Å². The summed E-state index contributed by atoms with van der Waals surface area (Å²) in [7, 11) is 0. The molecule has 1 aromatic rings. The molecule has 6 heteroatoms. The van der Waals surface area contributed by atoms with E-state index in [-0.39, 0.29) is 24.3 Å². The summed E-state index contributed by atoms with van der Waals surface area (Å²) in [6.07, 6.45) is 0.0603. The van der Waals surface area contributed by atoms with Gasteiger partial charge in [-0.2, -0.15) is 0 Å². The van der Waals surface area contributed by atoms with Gasteiger partial charge in [-0.15, -0.1) is 0 Å². The molecule has 4 nitrogen and oxygen atoms in total. The Kier molecular flexibility index (Phi) is 2.11. The van der Waals surface area contributed by atoms with Gasteiger partial charge in [0, 0.05) is 6.07 Å². The number of rotatable bonds is 1. The zero-order chi connectivity index (χ0) is 11.0. The molecule has 1 N–H and O–H groups in total. The number of hydrogen-bond donors (Lipinski definition) is 1. The molecule has 1 aliphatic heterocycles. The highest BCUT2D eigenvalue weighted by molar-refractivity contribution is 5.96. The van der Waals surface area contributed by atoms with Crippen molar-refractivity contribution in [1.29, 1.82) is 0 Å². The number of ether oxygens (including phenoxy) is 1. The summed E-state index contributed by atoms with van der Waals surface area (Å²) in [6.45, 7) is -0.353. The summed E-state index contributed by atoms with van der Waals surface area (Å²) in [6, 6.07) is 0.846. The topological polar surface area (TPSA) is 55.4 Å². The summed E-state index contributed by atoms with van der Waals surface area (Å²) in [5.74, 6) is -2.94. The number of halogens is 2. The van der Waals surface area contributed by atoms with Gasteiger partial charge in [0.15, 0.2) is 24.5 Å². The molecule has 0 aliphatic carbocycles. The van der Waals surface area contributed by atoms with Gasteiger partial charge in [-0.3, -0.25) is 9.59 Å². The molecule has 15 heavy (non-hydrogen) atoms. The number of hydrogen-bond acceptors (Lipinski definition) is 3. The standard InChI is InChI=1S/C9H5F2NO3/c10-5-1-6-9(8(11)4(5)2-13)15-3-7(14)12-6/h1-2H,3H2,(H,12,14). The molecule has 0 aromatic heterocycles. The van der Waals surface area contributed by atoms with Crippen LogP contribution in [-0.4, -0.2) is 18.8 Å². The van der Waals surface area contributed by atoms with E-state index in [1.54, 1.807) is 0 Å². The highest BCUT2D eigenvalue weighted by Crippen LogP contribution is 2.33. The average molecular weight is 213 g/mol. The van der Waals surface area contributed by atoms with Crippen LogP contribution >= 0.6 is 0 Å². The van der Waals surface area contributed by atoms with Gasteiger partial charge in [-0.05, 0) is 0 Å². The Morgan fingerprint density at radius 3 is 2.87 bits per heavy atom. The van der Waals surface area contributed by atoms with Crippen molar-refractivity contribution in [2.45, 2.75) is 0 Å². The van der Waals surface area contributed by atoms with Crippen molar-refractivity contribution in [2.24, 2.45) is 0 Å². The molecular weight excluding hydrogens is 208 g/mol. The highest BCUT2D eigenvalue weighted by atomic mass is 19.1. The van der Waals surface area contributed by atoms with E-state index in [0.717, 1.165) is 6.07 Å². The molecule has 0 saturated carbocycles. The van der Waals surface area contributed by atoms with Crippen molar-refractivity contribution in [3.63, 3.8) is 0 Å². The lowest BCUT2D eigenvalue weighted by molar-refractivity contribution is -0.118. The predicted molar refractivity (Wildman–Crippen MR) is 45.9 cm³/mol. The maximum atomic E-state index is 13.4. The van der Waals surface area contributed by atoms with E-state index >= 15 is 0 Å². The first-order chi connectivity index (χ1) is 7.13. The van der Waals surface area contributed by atoms with Crippen LogP contribution in [0.4, 0.5) is 14.5 Å². The Labute approximate surface area is 82.8 Å². The van der Waals surface area contributed by atoms with Crippen LogP contribution in [0, 0.1) is 11.6 Å². The van der Waals surface area contributed by atoms with Gasteiger partial charge >= 0.3 is 0 Å². The molecule has 0 bridgehead atoms. The fourth-order valence-corrected chi connectivity index (χ4v) is 1.28. The fourth-order valence-electron chi connectivity index (χ4n) is 1.28. The zero-order valence-corrected chi connectivity index (χ0v) is 7.34. The molecule has 0 saturated heterocycles. The monoisotopic (exact) mass is 213 g/mol. The van der Waals surface area contributed by atoms with Crippen LogP contribution in [0.25, 0.3) is 0 Å². The summed E-state index contributed by atoms with van der Waals surface area (Å²) in [5, 5.41) is 2.23. The van der Waals surface area contributed by atoms with Gasteiger partial charge in [-0.1, -0.05) is 0 Å². The van der Waals surface area contributed by atoms with E-state index in [1.165, 1.54) is 0 Å². The van der Waals surface area contributed by atoms with Gasteiger partial charge in [0.2, 0.25) is 0 Å². The lowest BCUT2D eigenvalue weighted by Crippen LogP contribution is -2.26. The van der Waals surface area contributed by atoms with Crippen molar-refractivity contribution in [3.8, 4) is 5.75 Å². The maximum Gasteiger partial charge on any atom is 0.262 e. The predicted octanol–water partition coefficient (Wildman–Crippen LogP) is 1.11. The first kappa shape index (κ1) is 9.57. The van der Waals surface area contributed by atoms with E-state index in [4.69, 9.17) is 4.74 Å². The number of carbonyl (C=O) groups excluding carboxylic acids is 2. The number of fused-ring (bicyclic) bond motifs is 1. The second kappa shape index (κ2) is 3.30. The third-order valence-corrected chi connectivity index (χ3v) is 1.95. The van der Waals surface area contributed by atoms with Gasteiger partial charge in [-0.25, -0.2) is 8.78 Å². The van der Waals surface area contributed by atoms with Crippen LogP contribution < -0.4 is 10.1 Å². The fraction of sp³-hybridized carbons (Fsp3) is 0.111. The van der Waals surface area contributed by atoms with Crippen molar-refractivity contribution in [3.05, 3.63) is 23.3 Å². The Bertz CT molecular complexity index is 459. The SMILES string of the molecule is O=Cc1c(F)cc2c(c1F)OCC(=O)N2. The molecule has 0 atom stereocenters. The number of anilines is 1. The van der Waals surface area contributed by atoms with Gasteiger partial charge in [0.25, 0.3) is 5.91 Å². The Morgan fingerprint density at radius 2 is 2.20 bits per heavy atom. The molecule has 0 spiro atoms. The quantitative estimate of drug-likeness (QED) is 0.711. The van der Waals surface area contributed by atoms with E-state index in [0.29, 0.717) is 0 Å². The molecule has 1 heterocycles. The van der Waals surface area contributed by atoms with Gasteiger partial charge in [0.05, 0.1) is 11.3 Å². The van der Waals surface area contributed by atoms with Crippen LogP contribution in [0.2, 0.25) is 0 Å².